The molecule has 1 aromatic heterocycles. The van der Waals surface area contributed by atoms with Crippen LogP contribution in [0.5, 0.6) is 0 Å². The molecule has 0 aliphatic heterocycles. The summed E-state index contributed by atoms with van der Waals surface area (Å²) in [6.07, 6.45) is 3.31. The van der Waals surface area contributed by atoms with Crippen LogP contribution in [-0.4, -0.2) is 11.5 Å². The number of hydrogen-bond acceptors (Lipinski definition) is 3. The van der Waals surface area contributed by atoms with Crippen molar-refractivity contribution in [2.45, 2.75) is 32.2 Å². The third kappa shape index (κ3) is 2.99. The van der Waals surface area contributed by atoms with Gasteiger partial charge in [0.2, 0.25) is 0 Å². The Morgan fingerprint density at radius 3 is 3.16 bits per heavy atom. The lowest BCUT2D eigenvalue weighted by atomic mass is 10.1. The van der Waals surface area contributed by atoms with Crippen LogP contribution in [0.2, 0.25) is 5.02 Å². The Morgan fingerprint density at radius 2 is 2.37 bits per heavy atom. The first kappa shape index (κ1) is 13.1. The number of nitrogens with zero attached hydrogens (tertiary/aromatic N) is 1. The van der Waals surface area contributed by atoms with E-state index in [1.807, 2.05) is 13.0 Å². The van der Waals surface area contributed by atoms with Crippen molar-refractivity contribution in [3.8, 4) is 0 Å². The van der Waals surface area contributed by atoms with Crippen LogP contribution in [0.3, 0.4) is 0 Å². The highest BCUT2D eigenvalue weighted by Crippen LogP contribution is 2.32. The fraction of sp³-hybridized carbons (Fsp3) is 0.400. The molecule has 0 radical (unpaired) electrons. The summed E-state index contributed by atoms with van der Waals surface area (Å²) in [6, 6.07) is 6.73. The molecule has 3 rings (SSSR count). The normalized spacial score (nSPS) is 17.7. The SMILES string of the molecule is Cc1csc(CCNC2CCc3cc(Cl)ccc32)n1. The molecule has 1 heterocycles. The van der Waals surface area contributed by atoms with E-state index in [2.05, 4.69) is 27.8 Å². The highest BCUT2D eigenvalue weighted by Gasteiger charge is 2.21. The molecular weight excluding hydrogens is 276 g/mol. The van der Waals surface area contributed by atoms with Crippen LogP contribution in [0.15, 0.2) is 23.6 Å². The Kier molecular flexibility index (Phi) is 3.87. The average Bonchev–Trinajstić information content (AvgIpc) is 2.96. The van der Waals surface area contributed by atoms with Crippen LogP contribution in [0.25, 0.3) is 0 Å². The maximum absolute atomic E-state index is 6.03. The summed E-state index contributed by atoms with van der Waals surface area (Å²) in [5, 5.41) is 7.82. The molecule has 0 bridgehead atoms. The van der Waals surface area contributed by atoms with E-state index < -0.39 is 0 Å². The van der Waals surface area contributed by atoms with Crippen molar-refractivity contribution in [2.75, 3.05) is 6.54 Å². The molecule has 4 heteroatoms. The summed E-state index contributed by atoms with van der Waals surface area (Å²) < 4.78 is 0. The van der Waals surface area contributed by atoms with Gasteiger partial charge in [0.1, 0.15) is 0 Å². The number of halogens is 1. The first-order chi connectivity index (χ1) is 9.22. The van der Waals surface area contributed by atoms with Crippen LogP contribution in [0, 0.1) is 6.92 Å². The zero-order valence-corrected chi connectivity index (χ0v) is 12.5. The number of fused-ring (bicyclic) bond motifs is 1. The van der Waals surface area contributed by atoms with Crippen LogP contribution in [0.1, 0.15) is 34.3 Å². The summed E-state index contributed by atoms with van der Waals surface area (Å²) in [7, 11) is 0. The molecule has 1 unspecified atom stereocenters. The topological polar surface area (TPSA) is 24.9 Å². The van der Waals surface area contributed by atoms with E-state index in [9.17, 15) is 0 Å². The molecule has 0 fully saturated rings. The lowest BCUT2D eigenvalue weighted by Crippen LogP contribution is -2.21. The van der Waals surface area contributed by atoms with E-state index in [0.29, 0.717) is 6.04 Å². The molecule has 1 atom stereocenters. The number of rotatable bonds is 4. The minimum atomic E-state index is 0.480. The Hall–Kier alpha value is -0.900. The quantitative estimate of drug-likeness (QED) is 0.924. The fourth-order valence-electron chi connectivity index (χ4n) is 2.67. The van der Waals surface area contributed by atoms with Crippen molar-refractivity contribution < 1.29 is 0 Å². The van der Waals surface area contributed by atoms with Gasteiger partial charge < -0.3 is 5.32 Å². The molecule has 1 aliphatic carbocycles. The molecule has 2 aromatic rings. The van der Waals surface area contributed by atoms with Gasteiger partial charge >= 0.3 is 0 Å². The van der Waals surface area contributed by atoms with E-state index in [0.717, 1.165) is 30.1 Å². The summed E-state index contributed by atoms with van der Waals surface area (Å²) in [5.41, 5.74) is 3.94. The molecular formula is C15H17ClN2S. The molecule has 1 N–H and O–H groups in total. The third-order valence-corrected chi connectivity index (χ3v) is 4.84. The van der Waals surface area contributed by atoms with Gasteiger partial charge in [-0.1, -0.05) is 17.7 Å². The van der Waals surface area contributed by atoms with Gasteiger partial charge in [-0.25, -0.2) is 4.98 Å². The van der Waals surface area contributed by atoms with Crippen molar-refractivity contribution in [3.63, 3.8) is 0 Å². The predicted molar refractivity (Wildman–Crippen MR) is 81.1 cm³/mol. The summed E-state index contributed by atoms with van der Waals surface area (Å²) in [4.78, 5) is 4.49. The van der Waals surface area contributed by atoms with Gasteiger partial charge in [0.15, 0.2) is 0 Å². The lowest BCUT2D eigenvalue weighted by molar-refractivity contribution is 0.533. The second-order valence-electron chi connectivity index (χ2n) is 5.02. The van der Waals surface area contributed by atoms with E-state index in [-0.39, 0.29) is 0 Å². The number of thiazole rings is 1. The smallest absolute Gasteiger partial charge is 0.0940 e. The molecule has 0 saturated heterocycles. The van der Waals surface area contributed by atoms with Crippen molar-refractivity contribution in [1.82, 2.24) is 10.3 Å². The van der Waals surface area contributed by atoms with Gasteiger partial charge in [-0.05, 0) is 43.0 Å². The largest absolute Gasteiger partial charge is 0.310 e. The van der Waals surface area contributed by atoms with Crippen molar-refractivity contribution in [1.29, 1.82) is 0 Å². The lowest BCUT2D eigenvalue weighted by Gasteiger charge is -2.13. The van der Waals surface area contributed by atoms with Crippen LogP contribution >= 0.6 is 22.9 Å². The minimum absolute atomic E-state index is 0.480. The molecule has 0 saturated carbocycles. The molecule has 0 spiro atoms. The predicted octanol–water partition coefficient (Wildman–Crippen LogP) is 3.92. The highest BCUT2D eigenvalue weighted by atomic mass is 35.5. The molecule has 0 amide bonds. The Balaban J connectivity index is 1.58. The average molecular weight is 293 g/mol. The van der Waals surface area contributed by atoms with Crippen LogP contribution < -0.4 is 5.32 Å². The summed E-state index contributed by atoms with van der Waals surface area (Å²) in [5.74, 6) is 0. The second kappa shape index (κ2) is 5.61. The zero-order valence-electron chi connectivity index (χ0n) is 10.9. The fourth-order valence-corrected chi connectivity index (χ4v) is 3.64. The van der Waals surface area contributed by atoms with Gasteiger partial charge in [0.05, 0.1) is 5.01 Å². The van der Waals surface area contributed by atoms with Gasteiger partial charge in [-0.3, -0.25) is 0 Å². The zero-order chi connectivity index (χ0) is 13.2. The number of benzene rings is 1. The molecule has 19 heavy (non-hydrogen) atoms. The monoisotopic (exact) mass is 292 g/mol. The van der Waals surface area contributed by atoms with E-state index in [1.54, 1.807) is 11.3 Å². The number of aromatic nitrogens is 1. The first-order valence-corrected chi connectivity index (χ1v) is 7.91. The van der Waals surface area contributed by atoms with E-state index in [1.165, 1.54) is 22.6 Å². The van der Waals surface area contributed by atoms with Gasteiger partial charge in [-0.2, -0.15) is 0 Å². The molecule has 1 aliphatic rings. The Labute approximate surface area is 122 Å². The second-order valence-corrected chi connectivity index (χ2v) is 6.40. The van der Waals surface area contributed by atoms with Crippen molar-refractivity contribution >= 4 is 22.9 Å². The van der Waals surface area contributed by atoms with Crippen LogP contribution in [-0.2, 0) is 12.8 Å². The minimum Gasteiger partial charge on any atom is -0.310 e. The third-order valence-electron chi connectivity index (χ3n) is 3.58. The maximum Gasteiger partial charge on any atom is 0.0940 e. The maximum atomic E-state index is 6.03. The number of aryl methyl sites for hydroxylation is 2. The van der Waals surface area contributed by atoms with E-state index in [4.69, 9.17) is 11.6 Å². The van der Waals surface area contributed by atoms with Crippen LogP contribution in [0.4, 0.5) is 0 Å². The molecule has 1 aromatic carbocycles. The van der Waals surface area contributed by atoms with Crippen molar-refractivity contribution in [3.05, 3.63) is 50.4 Å². The van der Waals surface area contributed by atoms with Gasteiger partial charge in [0, 0.05) is 35.1 Å². The van der Waals surface area contributed by atoms with Crippen molar-refractivity contribution in [2.24, 2.45) is 0 Å². The van der Waals surface area contributed by atoms with E-state index >= 15 is 0 Å². The summed E-state index contributed by atoms with van der Waals surface area (Å²) >= 11 is 7.78. The number of hydrogen-bond donors (Lipinski definition) is 1. The van der Waals surface area contributed by atoms with Gasteiger partial charge in [0.25, 0.3) is 0 Å². The van der Waals surface area contributed by atoms with Gasteiger partial charge in [-0.15, -0.1) is 11.3 Å². The molecule has 100 valence electrons. The summed E-state index contributed by atoms with van der Waals surface area (Å²) in [6.45, 7) is 3.03. The number of nitrogens with one attached hydrogen (secondary N) is 1. The Bertz CT molecular complexity index is 579. The highest BCUT2D eigenvalue weighted by molar-refractivity contribution is 7.09. The standard InChI is InChI=1S/C15H17ClN2S/c1-10-9-19-15(18-10)6-7-17-14-5-2-11-8-12(16)3-4-13(11)14/h3-4,8-9,14,17H,2,5-7H2,1H3. The molecule has 2 nitrogen and oxygen atoms in total. The Morgan fingerprint density at radius 1 is 1.47 bits per heavy atom. The first-order valence-electron chi connectivity index (χ1n) is 6.65.